The van der Waals surface area contributed by atoms with Gasteiger partial charge in [0, 0.05) is 26.3 Å². The van der Waals surface area contributed by atoms with Crippen LogP contribution in [0.1, 0.15) is 19.3 Å². The van der Waals surface area contributed by atoms with Crippen molar-refractivity contribution in [2.45, 2.75) is 37.5 Å². The molecule has 160 valence electrons. The van der Waals surface area contributed by atoms with Gasteiger partial charge in [-0.05, 0) is 24.3 Å². The number of fused-ring (bicyclic) bond motifs is 2. The summed E-state index contributed by atoms with van der Waals surface area (Å²) in [4.78, 5) is 46.3. The number of benzene rings is 1. The van der Waals surface area contributed by atoms with E-state index in [2.05, 4.69) is 12.4 Å². The second-order valence-electron chi connectivity index (χ2n) is 7.55. The lowest BCUT2D eigenvalue weighted by Crippen LogP contribution is -3.16. The van der Waals surface area contributed by atoms with Gasteiger partial charge in [-0.1, -0.05) is 0 Å². The lowest BCUT2D eigenvalue weighted by Gasteiger charge is -2.37. The molecule has 0 spiro atoms. The molecule has 29 heavy (non-hydrogen) atoms. The molecule has 0 saturated carbocycles. The van der Waals surface area contributed by atoms with E-state index >= 15 is 0 Å². The minimum absolute atomic E-state index is 0.0479. The number of carbonyl (C=O) groups is 2. The van der Waals surface area contributed by atoms with Crippen molar-refractivity contribution in [3.05, 3.63) is 24.3 Å². The van der Waals surface area contributed by atoms with Gasteiger partial charge < -0.3 is 19.7 Å². The number of amides is 1. The molecule has 2 heterocycles. The summed E-state index contributed by atoms with van der Waals surface area (Å²) in [5.74, 6) is -0.757. The Labute approximate surface area is 170 Å². The molecule has 2 aliphatic rings. The molecule has 3 rings (SSSR count). The van der Waals surface area contributed by atoms with Crippen molar-refractivity contribution in [2.24, 2.45) is 5.92 Å². The van der Waals surface area contributed by atoms with Crippen LogP contribution in [0.4, 0.5) is 0 Å². The molecular formula is C19H29N2O7P+2. The average Bonchev–Trinajstić information content (AvgIpc) is 2.95. The van der Waals surface area contributed by atoms with E-state index in [9.17, 15) is 19.4 Å². The molecular weight excluding hydrogens is 399 g/mol. The maximum atomic E-state index is 12.4. The maximum Gasteiger partial charge on any atom is 0.443 e. The maximum absolute atomic E-state index is 12.4. The fourth-order valence-corrected chi connectivity index (χ4v) is 5.61. The van der Waals surface area contributed by atoms with E-state index in [-0.39, 0.29) is 29.8 Å². The molecule has 2 bridgehead atoms. The number of hydrogen-bond acceptors (Lipinski definition) is 7. The molecule has 1 amide bonds. The van der Waals surface area contributed by atoms with E-state index in [1.54, 1.807) is 12.1 Å². The molecule has 2 fully saturated rings. The Bertz CT molecular complexity index is 743. The monoisotopic (exact) mass is 428 g/mol. The summed E-state index contributed by atoms with van der Waals surface area (Å²) in [6.07, 6.45) is 1.81. The summed E-state index contributed by atoms with van der Waals surface area (Å²) in [5.41, 5.74) is 0. The second-order valence-corrected chi connectivity index (χ2v) is 9.37. The third-order valence-electron chi connectivity index (χ3n) is 5.98. The number of ether oxygens (including phenoxy) is 2. The Morgan fingerprint density at radius 2 is 1.93 bits per heavy atom. The lowest BCUT2D eigenvalue weighted by atomic mass is 9.88. The van der Waals surface area contributed by atoms with Crippen molar-refractivity contribution in [1.82, 2.24) is 5.32 Å². The summed E-state index contributed by atoms with van der Waals surface area (Å²) in [7, 11) is 1.01. The molecule has 0 aromatic heterocycles. The number of rotatable bonds is 7. The zero-order valence-corrected chi connectivity index (χ0v) is 17.7. The number of likely N-dealkylation sites (N-methyl/N-ethyl adjacent to an activating group) is 1. The van der Waals surface area contributed by atoms with Crippen molar-refractivity contribution in [3.63, 3.8) is 0 Å². The van der Waals surface area contributed by atoms with Gasteiger partial charge in [0.1, 0.15) is 23.8 Å². The van der Waals surface area contributed by atoms with Crippen LogP contribution in [0.25, 0.3) is 0 Å². The first-order chi connectivity index (χ1) is 13.8. The standard InChI is InChI=1S/C19H27N2O7P/c1-20-17(22)11-27-13-5-7-14(8-6-13)29(24,25)28-16-10-12-4-9-15(21(12)2)18(16)19(23)26-3/h5-8,12,15-16,18,24-25H,4,9-11H2,1-3H3/p+2/t12?,15?,16?,18-/m1/s1. The molecule has 9 nitrogen and oxygen atoms in total. The van der Waals surface area contributed by atoms with Crippen molar-refractivity contribution in [3.8, 4) is 5.75 Å². The predicted molar refractivity (Wildman–Crippen MR) is 106 cm³/mol. The third kappa shape index (κ3) is 4.70. The Morgan fingerprint density at radius 1 is 1.24 bits per heavy atom. The van der Waals surface area contributed by atoms with Crippen LogP contribution in [0.5, 0.6) is 5.75 Å². The van der Waals surface area contributed by atoms with Crippen molar-refractivity contribution in [1.29, 1.82) is 0 Å². The average molecular weight is 428 g/mol. The molecule has 4 unspecified atom stereocenters. The molecule has 2 saturated heterocycles. The summed E-state index contributed by atoms with van der Waals surface area (Å²) < 4.78 is 16.1. The molecule has 10 heteroatoms. The highest BCUT2D eigenvalue weighted by Crippen LogP contribution is 2.53. The highest BCUT2D eigenvalue weighted by atomic mass is 31.2. The molecule has 0 aliphatic carbocycles. The summed E-state index contributed by atoms with van der Waals surface area (Å²) in [5, 5.41) is 2.67. The predicted octanol–water partition coefficient (Wildman–Crippen LogP) is -1.19. The van der Waals surface area contributed by atoms with Gasteiger partial charge in [-0.3, -0.25) is 9.59 Å². The Morgan fingerprint density at radius 3 is 2.55 bits per heavy atom. The number of esters is 1. The Balaban J connectivity index is 1.72. The molecule has 1 aromatic carbocycles. The zero-order valence-electron chi connectivity index (χ0n) is 16.8. The van der Waals surface area contributed by atoms with Gasteiger partial charge in [-0.2, -0.15) is 14.3 Å². The number of carbonyl (C=O) groups excluding carboxylic acids is 2. The molecule has 0 radical (unpaired) electrons. The third-order valence-corrected chi connectivity index (χ3v) is 7.52. The largest absolute Gasteiger partial charge is 0.484 e. The number of nitrogens with one attached hydrogen (secondary N) is 2. The van der Waals surface area contributed by atoms with Gasteiger partial charge in [0.2, 0.25) is 0 Å². The van der Waals surface area contributed by atoms with Gasteiger partial charge in [0.25, 0.3) is 5.91 Å². The van der Waals surface area contributed by atoms with Gasteiger partial charge in [0.15, 0.2) is 11.9 Å². The fourth-order valence-electron chi connectivity index (χ4n) is 4.36. The Kier molecular flexibility index (Phi) is 6.76. The van der Waals surface area contributed by atoms with Crippen molar-refractivity contribution in [2.75, 3.05) is 27.8 Å². The number of methoxy groups -OCH3 is 1. The lowest BCUT2D eigenvalue weighted by molar-refractivity contribution is -0.926. The number of piperidine rings is 1. The van der Waals surface area contributed by atoms with Crippen molar-refractivity contribution >= 4 is 25.1 Å². The van der Waals surface area contributed by atoms with E-state index in [0.717, 1.165) is 12.8 Å². The highest BCUT2D eigenvalue weighted by molar-refractivity contribution is 7.67. The molecule has 5 atom stereocenters. The van der Waals surface area contributed by atoms with E-state index in [1.165, 1.54) is 31.2 Å². The SMILES string of the molecule is CNC(=O)COc1ccc([P+](O)(O)OC2CC3CCC([C@H]2C(=O)OC)[NH+]3C)cc1. The first-order valence-corrected chi connectivity index (χ1v) is 11.3. The van der Waals surface area contributed by atoms with E-state index < -0.39 is 20.0 Å². The molecule has 4 N–H and O–H groups in total. The van der Waals surface area contributed by atoms with Crippen molar-refractivity contribution < 1.29 is 38.3 Å². The first kappa shape index (κ1) is 21.9. The summed E-state index contributed by atoms with van der Waals surface area (Å²) in [6.45, 7) is -0.133. The van der Waals surface area contributed by atoms with E-state index in [0.29, 0.717) is 18.2 Å². The van der Waals surface area contributed by atoms with Gasteiger partial charge in [-0.15, -0.1) is 0 Å². The van der Waals surface area contributed by atoms with Crippen LogP contribution < -0.4 is 20.3 Å². The minimum Gasteiger partial charge on any atom is -0.484 e. The van der Waals surface area contributed by atoms with Gasteiger partial charge in [-0.25, -0.2) is 0 Å². The summed E-state index contributed by atoms with van der Waals surface area (Å²) in [6, 6.07) is 6.45. The molecule has 2 aliphatic heterocycles. The van der Waals surface area contributed by atoms with Crippen LogP contribution in [0.15, 0.2) is 24.3 Å². The molecule has 1 aromatic rings. The smallest absolute Gasteiger partial charge is 0.443 e. The van der Waals surface area contributed by atoms with E-state index in [1.807, 2.05) is 0 Å². The van der Waals surface area contributed by atoms with Crippen LogP contribution in [0, 0.1) is 5.92 Å². The number of quaternary nitrogens is 1. The quantitative estimate of drug-likeness (QED) is 0.319. The van der Waals surface area contributed by atoms with Crippen LogP contribution in [0.3, 0.4) is 0 Å². The highest BCUT2D eigenvalue weighted by Gasteiger charge is 2.57. The fraction of sp³-hybridized carbons (Fsp3) is 0.579. The van der Waals surface area contributed by atoms with Crippen LogP contribution in [0.2, 0.25) is 0 Å². The van der Waals surface area contributed by atoms with Crippen LogP contribution >= 0.6 is 7.94 Å². The van der Waals surface area contributed by atoms with Crippen LogP contribution in [-0.2, 0) is 18.8 Å². The minimum atomic E-state index is -3.91. The second kappa shape index (κ2) is 8.93. The first-order valence-electron chi connectivity index (χ1n) is 9.65. The Hall–Kier alpha value is -1.77. The van der Waals surface area contributed by atoms with Gasteiger partial charge in [0.05, 0.1) is 20.2 Å². The van der Waals surface area contributed by atoms with Crippen LogP contribution in [-0.4, -0.2) is 67.7 Å². The number of hydrogen-bond donors (Lipinski definition) is 4. The van der Waals surface area contributed by atoms with Gasteiger partial charge >= 0.3 is 13.9 Å². The topological polar surface area (TPSA) is 119 Å². The van der Waals surface area contributed by atoms with E-state index in [4.69, 9.17) is 14.0 Å². The zero-order chi connectivity index (χ0) is 21.2. The normalized spacial score (nSPS) is 28.7. The summed E-state index contributed by atoms with van der Waals surface area (Å²) >= 11 is 0.